The largest absolute Gasteiger partial charge is 0.383 e. The van der Waals surface area contributed by atoms with Crippen molar-refractivity contribution in [3.63, 3.8) is 0 Å². The fourth-order valence-electron chi connectivity index (χ4n) is 2.31. The molecule has 0 atom stereocenters. The Labute approximate surface area is 117 Å². The second-order valence-corrected chi connectivity index (χ2v) is 5.69. The van der Waals surface area contributed by atoms with E-state index in [1.165, 1.54) is 18.2 Å². The van der Waals surface area contributed by atoms with Gasteiger partial charge in [-0.15, -0.1) is 0 Å². The number of nitro benzene ring substituents is 1. The SMILES string of the molecule is CNc1cc(C(=O)NC(C)(C)C2CC2)ccc1[N+](=O)[O-]. The first kappa shape index (κ1) is 14.3. The second kappa shape index (κ2) is 5.11. The Morgan fingerprint density at radius 1 is 1.40 bits per heavy atom. The first-order valence-corrected chi connectivity index (χ1v) is 6.64. The van der Waals surface area contributed by atoms with Crippen molar-refractivity contribution >= 4 is 17.3 Å². The second-order valence-electron chi connectivity index (χ2n) is 5.69. The predicted molar refractivity (Wildman–Crippen MR) is 76.9 cm³/mol. The lowest BCUT2D eigenvalue weighted by atomic mass is 9.98. The van der Waals surface area contributed by atoms with Crippen molar-refractivity contribution in [2.24, 2.45) is 5.92 Å². The minimum Gasteiger partial charge on any atom is -0.383 e. The average molecular weight is 277 g/mol. The van der Waals surface area contributed by atoms with E-state index >= 15 is 0 Å². The smallest absolute Gasteiger partial charge is 0.292 e. The lowest BCUT2D eigenvalue weighted by Gasteiger charge is -2.26. The van der Waals surface area contributed by atoms with Crippen molar-refractivity contribution in [2.75, 3.05) is 12.4 Å². The van der Waals surface area contributed by atoms with Crippen LogP contribution in [0.25, 0.3) is 0 Å². The van der Waals surface area contributed by atoms with Crippen LogP contribution in [0.4, 0.5) is 11.4 Å². The molecule has 0 saturated heterocycles. The average Bonchev–Trinajstić information content (AvgIpc) is 3.21. The van der Waals surface area contributed by atoms with Crippen LogP contribution >= 0.6 is 0 Å². The van der Waals surface area contributed by atoms with Gasteiger partial charge in [-0.2, -0.15) is 0 Å². The van der Waals surface area contributed by atoms with Crippen LogP contribution in [0, 0.1) is 16.0 Å². The minimum absolute atomic E-state index is 0.0366. The van der Waals surface area contributed by atoms with Gasteiger partial charge >= 0.3 is 0 Å². The van der Waals surface area contributed by atoms with E-state index in [4.69, 9.17) is 0 Å². The summed E-state index contributed by atoms with van der Waals surface area (Å²) < 4.78 is 0. The first-order chi connectivity index (χ1) is 9.35. The number of carbonyl (C=O) groups is 1. The van der Waals surface area contributed by atoms with Crippen LogP contribution in [-0.4, -0.2) is 23.4 Å². The first-order valence-electron chi connectivity index (χ1n) is 6.64. The van der Waals surface area contributed by atoms with Crippen molar-refractivity contribution in [1.29, 1.82) is 0 Å². The third kappa shape index (κ3) is 2.89. The molecule has 0 unspecified atom stereocenters. The van der Waals surface area contributed by atoms with Gasteiger partial charge in [-0.1, -0.05) is 0 Å². The standard InChI is InChI=1S/C14H19N3O3/c1-14(2,10-5-6-10)16-13(18)9-4-7-12(17(19)20)11(8-9)15-3/h4,7-8,10,15H,5-6H2,1-3H3,(H,16,18). The van der Waals surface area contributed by atoms with Crippen molar-refractivity contribution in [2.45, 2.75) is 32.2 Å². The Hall–Kier alpha value is -2.11. The molecule has 0 spiro atoms. The number of nitrogens with zero attached hydrogens (tertiary/aromatic N) is 1. The van der Waals surface area contributed by atoms with E-state index in [-0.39, 0.29) is 17.1 Å². The van der Waals surface area contributed by atoms with Gasteiger partial charge in [-0.05, 0) is 44.7 Å². The molecule has 1 aromatic rings. The number of amides is 1. The number of carbonyl (C=O) groups excluding carboxylic acids is 1. The molecule has 6 heteroatoms. The maximum absolute atomic E-state index is 12.2. The van der Waals surface area contributed by atoms with Crippen molar-refractivity contribution < 1.29 is 9.72 Å². The molecule has 1 aromatic carbocycles. The molecule has 1 fully saturated rings. The quantitative estimate of drug-likeness (QED) is 0.640. The zero-order valence-electron chi connectivity index (χ0n) is 11.9. The topological polar surface area (TPSA) is 84.3 Å². The van der Waals surface area contributed by atoms with Gasteiger partial charge in [0.1, 0.15) is 5.69 Å². The zero-order chi connectivity index (χ0) is 14.9. The maximum atomic E-state index is 12.2. The maximum Gasteiger partial charge on any atom is 0.292 e. The van der Waals surface area contributed by atoms with Gasteiger partial charge in [-0.25, -0.2) is 0 Å². The van der Waals surface area contributed by atoms with Gasteiger partial charge in [0.25, 0.3) is 11.6 Å². The number of benzene rings is 1. The summed E-state index contributed by atoms with van der Waals surface area (Å²) in [7, 11) is 1.60. The third-order valence-corrected chi connectivity index (χ3v) is 3.76. The third-order valence-electron chi connectivity index (χ3n) is 3.76. The zero-order valence-corrected chi connectivity index (χ0v) is 11.9. The van der Waals surface area contributed by atoms with E-state index in [2.05, 4.69) is 10.6 Å². The molecule has 6 nitrogen and oxygen atoms in total. The summed E-state index contributed by atoms with van der Waals surface area (Å²) in [5.41, 5.74) is 0.490. The summed E-state index contributed by atoms with van der Waals surface area (Å²) in [4.78, 5) is 22.6. The Morgan fingerprint density at radius 2 is 2.05 bits per heavy atom. The van der Waals surface area contributed by atoms with Gasteiger partial charge in [0, 0.05) is 24.2 Å². The molecule has 2 rings (SSSR count). The van der Waals surface area contributed by atoms with Crippen molar-refractivity contribution in [3.8, 4) is 0 Å². The van der Waals surface area contributed by atoms with E-state index in [9.17, 15) is 14.9 Å². The van der Waals surface area contributed by atoms with Crippen LogP contribution in [0.1, 0.15) is 37.0 Å². The summed E-state index contributed by atoms with van der Waals surface area (Å²) >= 11 is 0. The molecule has 0 aromatic heterocycles. The number of hydrogen-bond donors (Lipinski definition) is 2. The molecule has 0 bridgehead atoms. The summed E-state index contributed by atoms with van der Waals surface area (Å²) in [6.07, 6.45) is 2.27. The summed E-state index contributed by atoms with van der Waals surface area (Å²) in [6.45, 7) is 4.01. The molecule has 1 aliphatic rings. The van der Waals surface area contributed by atoms with Crippen LogP contribution < -0.4 is 10.6 Å². The Bertz CT molecular complexity index is 551. The fourth-order valence-corrected chi connectivity index (χ4v) is 2.31. The highest BCUT2D eigenvalue weighted by Gasteiger charge is 2.38. The molecule has 1 aliphatic carbocycles. The summed E-state index contributed by atoms with van der Waals surface area (Å²) in [6, 6.07) is 4.35. The highest BCUT2D eigenvalue weighted by atomic mass is 16.6. The van der Waals surface area contributed by atoms with Crippen molar-refractivity contribution in [1.82, 2.24) is 5.32 Å². The van der Waals surface area contributed by atoms with Gasteiger partial charge < -0.3 is 10.6 Å². The normalized spacial score (nSPS) is 14.8. The van der Waals surface area contributed by atoms with Crippen LogP contribution in [0.2, 0.25) is 0 Å². The summed E-state index contributed by atoms with van der Waals surface area (Å²) in [5, 5.41) is 16.6. The molecule has 1 saturated carbocycles. The monoisotopic (exact) mass is 277 g/mol. The van der Waals surface area contributed by atoms with E-state index in [0.29, 0.717) is 17.2 Å². The molecular formula is C14H19N3O3. The van der Waals surface area contributed by atoms with E-state index in [1.54, 1.807) is 7.05 Å². The van der Waals surface area contributed by atoms with Crippen LogP contribution in [0.3, 0.4) is 0 Å². The van der Waals surface area contributed by atoms with Gasteiger partial charge in [0.2, 0.25) is 0 Å². The number of rotatable bonds is 5. The van der Waals surface area contributed by atoms with Crippen LogP contribution in [0.15, 0.2) is 18.2 Å². The van der Waals surface area contributed by atoms with Crippen molar-refractivity contribution in [3.05, 3.63) is 33.9 Å². The highest BCUT2D eigenvalue weighted by molar-refractivity contribution is 5.96. The highest BCUT2D eigenvalue weighted by Crippen LogP contribution is 2.39. The molecule has 108 valence electrons. The Morgan fingerprint density at radius 3 is 2.55 bits per heavy atom. The van der Waals surface area contributed by atoms with Gasteiger partial charge in [0.15, 0.2) is 0 Å². The van der Waals surface area contributed by atoms with E-state index in [0.717, 1.165) is 12.8 Å². The Kier molecular flexibility index (Phi) is 3.65. The van der Waals surface area contributed by atoms with E-state index < -0.39 is 4.92 Å². The molecule has 0 heterocycles. The molecule has 0 aliphatic heterocycles. The lowest BCUT2D eigenvalue weighted by Crippen LogP contribution is -2.45. The molecule has 20 heavy (non-hydrogen) atoms. The van der Waals surface area contributed by atoms with Crippen LogP contribution in [-0.2, 0) is 0 Å². The number of hydrogen-bond acceptors (Lipinski definition) is 4. The Balaban J connectivity index is 2.20. The predicted octanol–water partition coefficient (Wildman–Crippen LogP) is 2.55. The molecule has 0 radical (unpaired) electrons. The summed E-state index contributed by atoms with van der Waals surface area (Å²) in [5.74, 6) is 0.321. The van der Waals surface area contributed by atoms with Crippen LogP contribution in [0.5, 0.6) is 0 Å². The lowest BCUT2D eigenvalue weighted by molar-refractivity contribution is -0.383. The number of anilines is 1. The minimum atomic E-state index is -0.471. The van der Waals surface area contributed by atoms with Gasteiger partial charge in [0.05, 0.1) is 4.92 Å². The van der Waals surface area contributed by atoms with Gasteiger partial charge in [-0.3, -0.25) is 14.9 Å². The number of nitro groups is 1. The molecule has 1 amide bonds. The molecular weight excluding hydrogens is 258 g/mol. The fraction of sp³-hybridized carbons (Fsp3) is 0.500. The number of nitrogens with one attached hydrogen (secondary N) is 2. The molecule has 2 N–H and O–H groups in total. The van der Waals surface area contributed by atoms with E-state index in [1.807, 2.05) is 13.8 Å².